The molecule has 2 heteroatoms. The van der Waals surface area contributed by atoms with Gasteiger partial charge in [-0.15, -0.1) is 0 Å². The van der Waals surface area contributed by atoms with E-state index in [0.29, 0.717) is 0 Å². The van der Waals surface area contributed by atoms with Gasteiger partial charge in [0, 0.05) is 0 Å². The Balaban J connectivity index is 3.00. The molecule has 0 aromatic rings. The Morgan fingerprint density at radius 3 is 1.70 bits per heavy atom. The van der Waals surface area contributed by atoms with E-state index in [1.807, 2.05) is 0 Å². The Bertz CT molecular complexity index is 58.3. The Morgan fingerprint density at radius 1 is 1.00 bits per heavy atom. The number of hydrogen-bond donors (Lipinski definition) is 0. The van der Waals surface area contributed by atoms with Crippen LogP contribution in [0.2, 0.25) is 8.87 Å². The average Bonchev–Trinajstić information content (AvgIpc) is 1.97. The van der Waals surface area contributed by atoms with E-state index in [0.717, 1.165) is 0 Å². The van der Waals surface area contributed by atoms with E-state index >= 15 is 0 Å². The van der Waals surface area contributed by atoms with Gasteiger partial charge in [-0.25, -0.2) is 0 Å². The fourth-order valence-corrected chi connectivity index (χ4v) is 7.58. The maximum atomic E-state index is 6.24. The second-order valence-corrected chi connectivity index (χ2v) is 12.1. The number of rotatable bonds is 6. The van der Waals surface area contributed by atoms with Crippen LogP contribution in [-0.2, 0) is 0 Å². The first-order valence-corrected chi connectivity index (χ1v) is 12.0. The Kier molecular flexibility index (Phi) is 9.08. The Hall–Kier alpha value is 1.09. The van der Waals surface area contributed by atoms with E-state index in [1.165, 1.54) is 34.6 Å². The predicted molar refractivity (Wildman–Crippen MR) is 51.0 cm³/mol. The molecule has 61 valence electrons. The molecule has 0 aromatic carbocycles. The van der Waals surface area contributed by atoms with E-state index in [4.69, 9.17) is 8.92 Å². The molecule has 0 spiro atoms. The van der Waals surface area contributed by atoms with E-state index in [-0.39, 0.29) is 0 Å². The molecule has 0 rings (SSSR count). The summed E-state index contributed by atoms with van der Waals surface area (Å²) in [4.78, 5) is 0. The summed E-state index contributed by atoms with van der Waals surface area (Å²) in [5, 5.41) is 0. The summed E-state index contributed by atoms with van der Waals surface area (Å²) in [6.07, 6.45) is 5.40. The molecule has 0 N–H and O–H groups in total. The SMILES string of the molecule is CCC[CH2][Sn]([Cl])[CH2]CCC. The minimum atomic E-state index is -1.27. The van der Waals surface area contributed by atoms with Crippen LogP contribution in [0.1, 0.15) is 39.5 Å². The van der Waals surface area contributed by atoms with Gasteiger partial charge in [-0.05, 0) is 0 Å². The number of hydrogen-bond acceptors (Lipinski definition) is 0. The molecule has 1 radical (unpaired) electrons. The quantitative estimate of drug-likeness (QED) is 0.642. The third-order valence-corrected chi connectivity index (χ3v) is 9.25. The molecular weight excluding hydrogens is 250 g/mol. The second-order valence-electron chi connectivity index (χ2n) is 2.72. The van der Waals surface area contributed by atoms with Crippen LogP contribution in [0.5, 0.6) is 0 Å². The van der Waals surface area contributed by atoms with Gasteiger partial charge in [-0.2, -0.15) is 0 Å². The van der Waals surface area contributed by atoms with Gasteiger partial charge in [-0.3, -0.25) is 0 Å². The normalized spacial score (nSPS) is 10.8. The number of halogens is 1. The van der Waals surface area contributed by atoms with Crippen LogP contribution in [0.4, 0.5) is 0 Å². The van der Waals surface area contributed by atoms with Crippen molar-refractivity contribution >= 4 is 27.6 Å². The van der Waals surface area contributed by atoms with Gasteiger partial charge in [0.1, 0.15) is 0 Å². The fourth-order valence-electron chi connectivity index (χ4n) is 0.862. The van der Waals surface area contributed by atoms with Gasteiger partial charge in [0.2, 0.25) is 0 Å². The van der Waals surface area contributed by atoms with E-state index in [2.05, 4.69) is 13.8 Å². The van der Waals surface area contributed by atoms with Crippen molar-refractivity contribution in [1.82, 2.24) is 0 Å². The summed E-state index contributed by atoms with van der Waals surface area (Å²) < 4.78 is 2.81. The zero-order chi connectivity index (χ0) is 7.82. The maximum absolute atomic E-state index is 6.24. The van der Waals surface area contributed by atoms with Crippen LogP contribution in [-0.4, -0.2) is 18.6 Å². The topological polar surface area (TPSA) is 0 Å². The molecule has 0 aliphatic heterocycles. The molecule has 0 aliphatic carbocycles. The standard InChI is InChI=1S/2C4H9.ClH.Sn/c2*1-3-4-2;;/h2*1,3-4H2,2H3;1H;/q;;;+1/p-1. The molecule has 0 atom stereocenters. The fraction of sp³-hybridized carbons (Fsp3) is 1.00. The van der Waals surface area contributed by atoms with Crippen molar-refractivity contribution in [2.24, 2.45) is 0 Å². The third kappa shape index (κ3) is 7.20. The van der Waals surface area contributed by atoms with Crippen molar-refractivity contribution in [3.63, 3.8) is 0 Å². The van der Waals surface area contributed by atoms with E-state index < -0.39 is 18.6 Å². The van der Waals surface area contributed by atoms with Crippen molar-refractivity contribution in [1.29, 1.82) is 0 Å². The predicted octanol–water partition coefficient (Wildman–Crippen LogP) is 3.82. The summed E-state index contributed by atoms with van der Waals surface area (Å²) in [6.45, 7) is 4.49. The Labute approximate surface area is 75.8 Å². The summed E-state index contributed by atoms with van der Waals surface area (Å²) in [7, 11) is 6.24. The van der Waals surface area contributed by atoms with Gasteiger partial charge in [-0.1, -0.05) is 0 Å². The molecular formula is C8H18ClSn. The first-order valence-electron chi connectivity index (χ1n) is 4.31. The van der Waals surface area contributed by atoms with Crippen molar-refractivity contribution in [3.8, 4) is 0 Å². The zero-order valence-electron chi connectivity index (χ0n) is 7.12. The van der Waals surface area contributed by atoms with Crippen molar-refractivity contribution in [3.05, 3.63) is 0 Å². The van der Waals surface area contributed by atoms with Crippen molar-refractivity contribution in [2.45, 2.75) is 48.4 Å². The molecule has 0 heterocycles. The summed E-state index contributed by atoms with van der Waals surface area (Å²) >= 11 is -1.27. The molecule has 0 amide bonds. The average molecular weight is 268 g/mol. The molecule has 0 nitrogen and oxygen atoms in total. The van der Waals surface area contributed by atoms with Crippen LogP contribution in [0.25, 0.3) is 0 Å². The summed E-state index contributed by atoms with van der Waals surface area (Å²) in [5.74, 6) is 0. The second kappa shape index (κ2) is 8.19. The molecule has 0 saturated heterocycles. The van der Waals surface area contributed by atoms with Crippen LogP contribution < -0.4 is 0 Å². The molecule has 0 bridgehead atoms. The van der Waals surface area contributed by atoms with Gasteiger partial charge in [0.25, 0.3) is 0 Å². The van der Waals surface area contributed by atoms with Crippen LogP contribution in [0, 0.1) is 0 Å². The van der Waals surface area contributed by atoms with Crippen LogP contribution in [0.15, 0.2) is 0 Å². The van der Waals surface area contributed by atoms with Gasteiger partial charge >= 0.3 is 76.0 Å². The first kappa shape index (κ1) is 11.1. The summed E-state index contributed by atoms with van der Waals surface area (Å²) in [6, 6.07) is 0. The van der Waals surface area contributed by atoms with Gasteiger partial charge < -0.3 is 0 Å². The molecule has 0 saturated carbocycles. The van der Waals surface area contributed by atoms with Crippen LogP contribution in [0.3, 0.4) is 0 Å². The molecule has 0 unspecified atom stereocenters. The number of unbranched alkanes of at least 4 members (excludes halogenated alkanes) is 2. The van der Waals surface area contributed by atoms with Crippen molar-refractivity contribution < 1.29 is 0 Å². The molecule has 0 aliphatic rings. The Morgan fingerprint density at radius 2 is 1.40 bits per heavy atom. The van der Waals surface area contributed by atoms with Gasteiger partial charge in [0.15, 0.2) is 0 Å². The molecule has 10 heavy (non-hydrogen) atoms. The van der Waals surface area contributed by atoms with E-state index in [1.54, 1.807) is 0 Å². The third-order valence-electron chi connectivity index (χ3n) is 1.60. The van der Waals surface area contributed by atoms with Gasteiger partial charge in [0.05, 0.1) is 0 Å². The van der Waals surface area contributed by atoms with E-state index in [9.17, 15) is 0 Å². The minimum absolute atomic E-state index is 1.27. The van der Waals surface area contributed by atoms with Crippen LogP contribution >= 0.6 is 8.92 Å². The first-order chi connectivity index (χ1) is 4.81. The monoisotopic (exact) mass is 269 g/mol. The molecule has 0 fully saturated rings. The zero-order valence-corrected chi connectivity index (χ0v) is 10.7. The summed E-state index contributed by atoms with van der Waals surface area (Å²) in [5.41, 5.74) is 0. The molecule has 0 aromatic heterocycles. The van der Waals surface area contributed by atoms with Crippen molar-refractivity contribution in [2.75, 3.05) is 0 Å².